The lowest BCUT2D eigenvalue weighted by atomic mass is 9.97. The number of aromatic nitrogens is 1. The SMILES string of the molecule is CCCOc1ccc(OCC(=O)Nc2ccc(N3CCCC(C(N)=O)C3)nc2)cc1. The Labute approximate surface area is 176 Å². The number of carbonyl (C=O) groups excluding carboxylic acids is 2. The average molecular weight is 412 g/mol. The van der Waals surface area contributed by atoms with Crippen LogP contribution >= 0.6 is 0 Å². The first-order valence-corrected chi connectivity index (χ1v) is 10.2. The zero-order chi connectivity index (χ0) is 21.3. The molecule has 1 aliphatic rings. The lowest BCUT2D eigenvalue weighted by molar-refractivity contribution is -0.122. The van der Waals surface area contributed by atoms with Crippen LogP contribution in [0.1, 0.15) is 26.2 Å². The van der Waals surface area contributed by atoms with E-state index in [-0.39, 0.29) is 24.3 Å². The molecule has 8 nitrogen and oxygen atoms in total. The predicted molar refractivity (Wildman–Crippen MR) is 115 cm³/mol. The maximum absolute atomic E-state index is 12.1. The van der Waals surface area contributed by atoms with Crippen LogP contribution < -0.4 is 25.4 Å². The number of nitrogens with one attached hydrogen (secondary N) is 1. The molecular weight excluding hydrogens is 384 g/mol. The second-order valence-electron chi connectivity index (χ2n) is 7.25. The maximum atomic E-state index is 12.1. The normalized spacial score (nSPS) is 16.0. The summed E-state index contributed by atoms with van der Waals surface area (Å²) in [4.78, 5) is 30.0. The Balaban J connectivity index is 1.47. The Morgan fingerprint density at radius 2 is 1.90 bits per heavy atom. The average Bonchev–Trinajstić information content (AvgIpc) is 2.77. The number of ether oxygens (including phenoxy) is 2. The van der Waals surface area contributed by atoms with E-state index < -0.39 is 0 Å². The van der Waals surface area contributed by atoms with Gasteiger partial charge in [-0.15, -0.1) is 0 Å². The molecular formula is C22H28N4O4. The van der Waals surface area contributed by atoms with Gasteiger partial charge in [0.25, 0.3) is 5.91 Å². The minimum absolute atomic E-state index is 0.108. The molecule has 1 atom stereocenters. The van der Waals surface area contributed by atoms with Gasteiger partial charge in [0, 0.05) is 13.1 Å². The van der Waals surface area contributed by atoms with Gasteiger partial charge in [-0.25, -0.2) is 4.98 Å². The van der Waals surface area contributed by atoms with Crippen molar-refractivity contribution in [3.63, 3.8) is 0 Å². The van der Waals surface area contributed by atoms with Crippen LogP contribution in [0.5, 0.6) is 11.5 Å². The Hall–Kier alpha value is -3.29. The molecule has 0 spiro atoms. The highest BCUT2D eigenvalue weighted by molar-refractivity contribution is 5.91. The lowest BCUT2D eigenvalue weighted by Gasteiger charge is -2.32. The number of pyridine rings is 1. The molecule has 1 fully saturated rings. The van der Waals surface area contributed by atoms with Gasteiger partial charge < -0.3 is 25.4 Å². The second kappa shape index (κ2) is 10.5. The molecule has 1 unspecified atom stereocenters. The second-order valence-corrected chi connectivity index (χ2v) is 7.25. The fraction of sp³-hybridized carbons (Fsp3) is 0.409. The molecule has 8 heteroatoms. The highest BCUT2D eigenvalue weighted by atomic mass is 16.5. The zero-order valence-corrected chi connectivity index (χ0v) is 17.2. The van der Waals surface area contributed by atoms with Gasteiger partial charge in [-0.2, -0.15) is 0 Å². The number of anilines is 2. The fourth-order valence-electron chi connectivity index (χ4n) is 3.26. The molecule has 1 aromatic heterocycles. The molecule has 3 rings (SSSR count). The molecule has 160 valence electrons. The summed E-state index contributed by atoms with van der Waals surface area (Å²) in [5.41, 5.74) is 6.01. The summed E-state index contributed by atoms with van der Waals surface area (Å²) in [5.74, 6) is 1.44. The van der Waals surface area contributed by atoms with E-state index in [9.17, 15) is 9.59 Å². The fourth-order valence-corrected chi connectivity index (χ4v) is 3.26. The smallest absolute Gasteiger partial charge is 0.262 e. The van der Waals surface area contributed by atoms with Gasteiger partial charge in [-0.1, -0.05) is 6.92 Å². The lowest BCUT2D eigenvalue weighted by Crippen LogP contribution is -2.41. The number of piperidine rings is 1. The number of benzene rings is 1. The highest BCUT2D eigenvalue weighted by Gasteiger charge is 2.24. The molecule has 2 heterocycles. The summed E-state index contributed by atoms with van der Waals surface area (Å²) in [7, 11) is 0. The highest BCUT2D eigenvalue weighted by Crippen LogP contribution is 2.22. The van der Waals surface area contributed by atoms with E-state index in [1.807, 2.05) is 30.0 Å². The van der Waals surface area contributed by atoms with Gasteiger partial charge in [-0.05, 0) is 55.7 Å². The summed E-state index contributed by atoms with van der Waals surface area (Å²) in [6, 6.07) is 10.8. The van der Waals surface area contributed by atoms with E-state index in [2.05, 4.69) is 10.3 Å². The van der Waals surface area contributed by atoms with Crippen LogP contribution in [0, 0.1) is 5.92 Å². The van der Waals surface area contributed by atoms with Crippen LogP contribution in [0.2, 0.25) is 0 Å². The molecule has 3 N–H and O–H groups in total. The summed E-state index contributed by atoms with van der Waals surface area (Å²) in [6.07, 6.45) is 4.26. The zero-order valence-electron chi connectivity index (χ0n) is 17.2. The van der Waals surface area contributed by atoms with Crippen molar-refractivity contribution in [1.29, 1.82) is 0 Å². The third-order valence-electron chi connectivity index (χ3n) is 4.85. The predicted octanol–water partition coefficient (Wildman–Crippen LogP) is 2.59. The molecule has 2 amide bonds. The Kier molecular flexibility index (Phi) is 7.48. The number of hydrogen-bond acceptors (Lipinski definition) is 6. The topological polar surface area (TPSA) is 107 Å². The Morgan fingerprint density at radius 1 is 1.17 bits per heavy atom. The van der Waals surface area contributed by atoms with Crippen molar-refractivity contribution in [2.24, 2.45) is 11.7 Å². The minimum atomic E-state index is -0.275. The Morgan fingerprint density at radius 3 is 2.53 bits per heavy atom. The van der Waals surface area contributed by atoms with Crippen LogP contribution in [0.15, 0.2) is 42.6 Å². The summed E-state index contributed by atoms with van der Waals surface area (Å²) in [6.45, 7) is 4.01. The third-order valence-corrected chi connectivity index (χ3v) is 4.85. The molecule has 1 saturated heterocycles. The van der Waals surface area contributed by atoms with Crippen molar-refractivity contribution >= 4 is 23.3 Å². The van der Waals surface area contributed by atoms with Crippen molar-refractivity contribution < 1.29 is 19.1 Å². The van der Waals surface area contributed by atoms with E-state index in [0.29, 0.717) is 24.6 Å². The van der Waals surface area contributed by atoms with E-state index in [1.54, 1.807) is 24.4 Å². The standard InChI is InChI=1S/C22H28N4O4/c1-2-12-29-18-6-8-19(9-7-18)30-15-21(27)25-17-5-10-20(24-13-17)26-11-3-4-16(14-26)22(23)28/h5-10,13,16H,2-4,11-12,14-15H2,1H3,(H2,23,28)(H,25,27). The number of nitrogens with zero attached hydrogens (tertiary/aromatic N) is 2. The summed E-state index contributed by atoms with van der Waals surface area (Å²) in [5, 5.41) is 2.76. The molecule has 2 aromatic rings. The van der Waals surface area contributed by atoms with Crippen LogP contribution in [0.25, 0.3) is 0 Å². The van der Waals surface area contributed by atoms with Crippen molar-refractivity contribution in [3.8, 4) is 11.5 Å². The number of nitrogens with two attached hydrogens (primary N) is 1. The van der Waals surface area contributed by atoms with Crippen LogP contribution in [-0.4, -0.2) is 43.1 Å². The number of carbonyl (C=O) groups is 2. The number of primary amides is 1. The summed E-state index contributed by atoms with van der Waals surface area (Å²) >= 11 is 0. The number of rotatable bonds is 9. The molecule has 0 bridgehead atoms. The molecule has 0 radical (unpaired) electrons. The van der Waals surface area contributed by atoms with Gasteiger partial charge >= 0.3 is 0 Å². The molecule has 30 heavy (non-hydrogen) atoms. The first-order chi connectivity index (χ1) is 14.5. The van der Waals surface area contributed by atoms with Crippen molar-refractivity contribution in [2.45, 2.75) is 26.2 Å². The van der Waals surface area contributed by atoms with Crippen molar-refractivity contribution in [3.05, 3.63) is 42.6 Å². The van der Waals surface area contributed by atoms with E-state index >= 15 is 0 Å². The van der Waals surface area contributed by atoms with Gasteiger partial charge in [0.2, 0.25) is 5.91 Å². The molecule has 1 aromatic carbocycles. The van der Waals surface area contributed by atoms with Crippen LogP contribution in [0.3, 0.4) is 0 Å². The third kappa shape index (κ3) is 6.10. The summed E-state index contributed by atoms with van der Waals surface area (Å²) < 4.78 is 11.0. The van der Waals surface area contributed by atoms with Gasteiger partial charge in [0.1, 0.15) is 17.3 Å². The largest absolute Gasteiger partial charge is 0.494 e. The molecule has 0 aliphatic carbocycles. The number of hydrogen-bond donors (Lipinski definition) is 2. The molecule has 1 aliphatic heterocycles. The van der Waals surface area contributed by atoms with Crippen molar-refractivity contribution in [1.82, 2.24) is 4.98 Å². The van der Waals surface area contributed by atoms with E-state index in [0.717, 1.165) is 37.4 Å². The van der Waals surface area contributed by atoms with Gasteiger partial charge in [-0.3, -0.25) is 9.59 Å². The van der Waals surface area contributed by atoms with E-state index in [1.165, 1.54) is 0 Å². The molecule has 0 saturated carbocycles. The van der Waals surface area contributed by atoms with Gasteiger partial charge in [0.05, 0.1) is 24.4 Å². The van der Waals surface area contributed by atoms with E-state index in [4.69, 9.17) is 15.2 Å². The first kappa shape index (κ1) is 21.4. The minimum Gasteiger partial charge on any atom is -0.494 e. The maximum Gasteiger partial charge on any atom is 0.262 e. The Bertz CT molecular complexity index is 839. The first-order valence-electron chi connectivity index (χ1n) is 10.2. The van der Waals surface area contributed by atoms with Crippen LogP contribution in [0.4, 0.5) is 11.5 Å². The monoisotopic (exact) mass is 412 g/mol. The van der Waals surface area contributed by atoms with Crippen molar-refractivity contribution in [2.75, 3.05) is 36.5 Å². The van der Waals surface area contributed by atoms with Gasteiger partial charge in [0.15, 0.2) is 6.61 Å². The quantitative estimate of drug-likeness (QED) is 0.656. The number of amides is 2. The van der Waals surface area contributed by atoms with Crippen LogP contribution in [-0.2, 0) is 9.59 Å².